The first kappa shape index (κ1) is 45.2. The van der Waals surface area contributed by atoms with E-state index in [0.717, 1.165) is 12.8 Å². The minimum atomic E-state index is -1.00. The third-order valence-corrected chi connectivity index (χ3v) is 7.62. The molecule has 5 N–H and O–H groups in total. The molecule has 0 aromatic heterocycles. The van der Waals surface area contributed by atoms with Crippen molar-refractivity contribution in [1.82, 2.24) is 10.6 Å². The molecule has 1 unspecified atom stereocenters. The van der Waals surface area contributed by atoms with Gasteiger partial charge in [-0.25, -0.2) is 0 Å². The molecule has 0 aliphatic carbocycles. The SMILES string of the molecule is CCCCCCCCCCCCCCCC(=O)NCCOCCOCCOCCOCCOCCC(=O)NCCCCC(N)C(=O)O. The summed E-state index contributed by atoms with van der Waals surface area (Å²) in [7, 11) is 0. The zero-order valence-corrected chi connectivity index (χ0v) is 29.6. The number of carboxylic acid groups (broad SMARTS) is 1. The summed E-state index contributed by atoms with van der Waals surface area (Å²) in [6, 6.07) is -0.847. The number of nitrogens with one attached hydrogen (secondary N) is 2. The Morgan fingerprint density at radius 1 is 0.511 bits per heavy atom. The lowest BCUT2D eigenvalue weighted by atomic mass is 10.0. The number of aliphatic carboxylic acids is 1. The summed E-state index contributed by atoms with van der Waals surface area (Å²) in [5, 5.41) is 14.4. The first-order valence-corrected chi connectivity index (χ1v) is 18.4. The molecule has 0 spiro atoms. The summed E-state index contributed by atoms with van der Waals surface area (Å²) in [5.41, 5.74) is 5.43. The van der Waals surface area contributed by atoms with E-state index in [4.69, 9.17) is 34.5 Å². The third kappa shape index (κ3) is 36.8. The Hall–Kier alpha value is -1.83. The average molecular weight is 676 g/mol. The summed E-state index contributed by atoms with van der Waals surface area (Å²) in [6.45, 7) is 7.68. The van der Waals surface area contributed by atoms with Gasteiger partial charge in [-0.2, -0.15) is 0 Å². The van der Waals surface area contributed by atoms with Crippen LogP contribution in [0.1, 0.15) is 122 Å². The zero-order valence-electron chi connectivity index (χ0n) is 29.6. The Bertz CT molecular complexity index is 716. The molecular weight excluding hydrogens is 606 g/mol. The second kappa shape index (κ2) is 37.0. The van der Waals surface area contributed by atoms with E-state index in [2.05, 4.69) is 17.6 Å². The van der Waals surface area contributed by atoms with Crippen molar-refractivity contribution in [2.24, 2.45) is 5.73 Å². The smallest absolute Gasteiger partial charge is 0.320 e. The highest BCUT2D eigenvalue weighted by molar-refractivity contribution is 5.76. The lowest BCUT2D eigenvalue weighted by Gasteiger charge is -2.09. The van der Waals surface area contributed by atoms with Crippen LogP contribution < -0.4 is 16.4 Å². The van der Waals surface area contributed by atoms with Gasteiger partial charge in [-0.3, -0.25) is 14.4 Å². The second-order valence-electron chi connectivity index (χ2n) is 11.9. The van der Waals surface area contributed by atoms with E-state index in [1.807, 2.05) is 0 Å². The maximum atomic E-state index is 12.0. The van der Waals surface area contributed by atoms with Crippen LogP contribution in [0, 0.1) is 0 Å². The molecule has 0 saturated heterocycles. The number of amides is 2. The van der Waals surface area contributed by atoms with Gasteiger partial charge < -0.3 is 45.2 Å². The standard InChI is InChI=1S/C35H69N3O9/c1-2-3-4-5-6-7-8-9-10-11-12-13-14-18-33(39)38-21-23-44-25-27-46-29-31-47-30-28-45-26-24-43-22-19-34(40)37-20-16-15-17-32(36)35(41)42/h32H,2-31,36H2,1H3,(H,37,40)(H,38,39)(H,41,42). The number of carbonyl (C=O) groups excluding carboxylic acids is 2. The fourth-order valence-corrected chi connectivity index (χ4v) is 4.73. The Kier molecular flexibility index (Phi) is 35.6. The van der Waals surface area contributed by atoms with Gasteiger partial charge in [0.2, 0.25) is 11.8 Å². The fourth-order valence-electron chi connectivity index (χ4n) is 4.73. The second-order valence-corrected chi connectivity index (χ2v) is 11.9. The van der Waals surface area contributed by atoms with E-state index >= 15 is 0 Å². The third-order valence-electron chi connectivity index (χ3n) is 7.62. The van der Waals surface area contributed by atoms with Gasteiger partial charge in [-0.15, -0.1) is 0 Å². The molecule has 278 valence electrons. The number of rotatable bonds is 38. The molecule has 0 rings (SSSR count). The van der Waals surface area contributed by atoms with Gasteiger partial charge in [0.1, 0.15) is 6.04 Å². The van der Waals surface area contributed by atoms with Crippen LogP contribution in [-0.2, 0) is 38.1 Å². The maximum absolute atomic E-state index is 12.0. The van der Waals surface area contributed by atoms with Crippen molar-refractivity contribution < 1.29 is 43.2 Å². The molecule has 0 radical (unpaired) electrons. The number of nitrogens with two attached hydrogens (primary N) is 1. The molecular formula is C35H69N3O9. The van der Waals surface area contributed by atoms with Crippen molar-refractivity contribution in [3.63, 3.8) is 0 Å². The summed E-state index contributed by atoms with van der Waals surface area (Å²) in [5.74, 6) is -1.00. The van der Waals surface area contributed by atoms with Crippen molar-refractivity contribution >= 4 is 17.8 Å². The maximum Gasteiger partial charge on any atom is 0.320 e. The molecule has 0 heterocycles. The van der Waals surface area contributed by atoms with E-state index in [0.29, 0.717) is 105 Å². The summed E-state index contributed by atoms with van der Waals surface area (Å²) in [4.78, 5) is 34.3. The van der Waals surface area contributed by atoms with Crippen LogP contribution in [0.5, 0.6) is 0 Å². The lowest BCUT2D eigenvalue weighted by molar-refractivity contribution is -0.138. The minimum Gasteiger partial charge on any atom is -0.480 e. The number of carboxylic acids is 1. The number of unbranched alkanes of at least 4 members (excludes halogenated alkanes) is 13. The highest BCUT2D eigenvalue weighted by Crippen LogP contribution is 2.13. The van der Waals surface area contributed by atoms with Crippen molar-refractivity contribution in [1.29, 1.82) is 0 Å². The monoisotopic (exact) mass is 676 g/mol. The lowest BCUT2D eigenvalue weighted by Crippen LogP contribution is -2.30. The Balaban J connectivity index is 3.22. The van der Waals surface area contributed by atoms with Gasteiger partial charge in [0.15, 0.2) is 0 Å². The molecule has 0 fully saturated rings. The molecule has 1 atom stereocenters. The molecule has 0 aliphatic rings. The number of hydrogen-bond acceptors (Lipinski definition) is 9. The molecule has 0 aromatic rings. The van der Waals surface area contributed by atoms with Crippen LogP contribution in [0.4, 0.5) is 0 Å². The zero-order chi connectivity index (χ0) is 34.5. The van der Waals surface area contributed by atoms with Crippen molar-refractivity contribution in [2.45, 2.75) is 129 Å². The highest BCUT2D eigenvalue weighted by atomic mass is 16.6. The van der Waals surface area contributed by atoms with Crippen LogP contribution in [0.25, 0.3) is 0 Å². The van der Waals surface area contributed by atoms with Gasteiger partial charge in [-0.1, -0.05) is 84.0 Å². The summed E-state index contributed by atoms with van der Waals surface area (Å²) in [6.07, 6.45) is 19.5. The van der Waals surface area contributed by atoms with Crippen molar-refractivity contribution in [3.8, 4) is 0 Å². The largest absolute Gasteiger partial charge is 0.480 e. The topological polar surface area (TPSA) is 168 Å². The first-order valence-electron chi connectivity index (χ1n) is 18.4. The predicted octanol–water partition coefficient (Wildman–Crippen LogP) is 4.76. The molecule has 2 amide bonds. The van der Waals surface area contributed by atoms with E-state index in [1.165, 1.54) is 70.6 Å². The molecule has 12 heteroatoms. The molecule has 0 aliphatic heterocycles. The fraction of sp³-hybridized carbons (Fsp3) is 0.914. The Morgan fingerprint density at radius 2 is 0.915 bits per heavy atom. The minimum absolute atomic E-state index is 0.102. The number of carbonyl (C=O) groups is 3. The number of hydrogen-bond donors (Lipinski definition) is 4. The highest BCUT2D eigenvalue weighted by Gasteiger charge is 2.10. The van der Waals surface area contributed by atoms with Gasteiger partial charge >= 0.3 is 5.97 Å². The van der Waals surface area contributed by atoms with Gasteiger partial charge in [-0.05, 0) is 25.7 Å². The summed E-state index contributed by atoms with van der Waals surface area (Å²) >= 11 is 0. The van der Waals surface area contributed by atoms with Gasteiger partial charge in [0.05, 0.1) is 66.1 Å². The number of ether oxygens (including phenoxy) is 5. The summed E-state index contributed by atoms with van der Waals surface area (Å²) < 4.78 is 27.3. The quantitative estimate of drug-likeness (QED) is 0.0670. The van der Waals surface area contributed by atoms with E-state index < -0.39 is 12.0 Å². The molecule has 47 heavy (non-hydrogen) atoms. The molecule has 0 saturated carbocycles. The van der Waals surface area contributed by atoms with Crippen LogP contribution in [0.15, 0.2) is 0 Å². The molecule has 0 bridgehead atoms. The normalized spacial score (nSPS) is 11.9. The Labute approximate surface area is 284 Å². The first-order chi connectivity index (χ1) is 23.0. The average Bonchev–Trinajstić information content (AvgIpc) is 3.05. The predicted molar refractivity (Wildman–Crippen MR) is 185 cm³/mol. The van der Waals surface area contributed by atoms with E-state index in [-0.39, 0.29) is 18.2 Å². The Morgan fingerprint density at radius 3 is 1.40 bits per heavy atom. The van der Waals surface area contributed by atoms with Crippen LogP contribution >= 0.6 is 0 Å². The van der Waals surface area contributed by atoms with E-state index in [1.54, 1.807) is 0 Å². The van der Waals surface area contributed by atoms with Crippen LogP contribution in [0.2, 0.25) is 0 Å². The van der Waals surface area contributed by atoms with Crippen LogP contribution in [0.3, 0.4) is 0 Å². The van der Waals surface area contributed by atoms with Crippen molar-refractivity contribution in [3.05, 3.63) is 0 Å². The van der Waals surface area contributed by atoms with Gasteiger partial charge in [0, 0.05) is 25.9 Å². The van der Waals surface area contributed by atoms with Crippen molar-refractivity contribution in [2.75, 3.05) is 79.2 Å². The van der Waals surface area contributed by atoms with Crippen LogP contribution in [-0.4, -0.2) is 108 Å². The van der Waals surface area contributed by atoms with E-state index in [9.17, 15) is 14.4 Å². The molecule has 0 aromatic carbocycles. The van der Waals surface area contributed by atoms with Gasteiger partial charge in [0.25, 0.3) is 0 Å². The molecule has 12 nitrogen and oxygen atoms in total.